The Morgan fingerprint density at radius 1 is 1.13 bits per heavy atom. The minimum Gasteiger partial charge on any atom is -0.358 e. The van der Waals surface area contributed by atoms with Gasteiger partial charge in [-0.25, -0.2) is 0 Å². The van der Waals surface area contributed by atoms with E-state index >= 15 is 0 Å². The lowest BCUT2D eigenvalue weighted by molar-refractivity contribution is 0.0400. The molecule has 3 nitrogen and oxygen atoms in total. The van der Waals surface area contributed by atoms with Crippen LogP contribution in [0.3, 0.4) is 0 Å². The first-order chi connectivity index (χ1) is 11.0. The molecule has 2 unspecified atom stereocenters. The molecule has 120 valence electrons. The second-order valence-corrected chi connectivity index (χ2v) is 6.54. The quantitative estimate of drug-likeness (QED) is 0.903. The number of amides is 1. The number of fused-ring (bicyclic) bond motifs is 1. The molecule has 0 spiro atoms. The highest BCUT2D eigenvalue weighted by Gasteiger charge is 2.44. The summed E-state index contributed by atoms with van der Waals surface area (Å²) in [5.74, 6) is 0.0942. The van der Waals surface area contributed by atoms with Gasteiger partial charge in [0.1, 0.15) is 5.66 Å². The molecule has 1 aliphatic rings. The van der Waals surface area contributed by atoms with Crippen molar-refractivity contribution in [3.63, 3.8) is 0 Å². The van der Waals surface area contributed by atoms with Crippen molar-refractivity contribution in [1.29, 1.82) is 0 Å². The number of anilines is 1. The van der Waals surface area contributed by atoms with Crippen LogP contribution in [0.5, 0.6) is 0 Å². The Kier molecular flexibility index (Phi) is 3.88. The van der Waals surface area contributed by atoms with Crippen LogP contribution in [0.4, 0.5) is 5.69 Å². The fourth-order valence-electron chi connectivity index (χ4n) is 3.35. The number of hydrogen-bond donors (Lipinski definition) is 1. The molecule has 2 aromatic carbocycles. The first-order valence-corrected chi connectivity index (χ1v) is 8.25. The number of carbonyl (C=O) groups excluding carboxylic acids is 1. The van der Waals surface area contributed by atoms with E-state index in [4.69, 9.17) is 0 Å². The minimum absolute atomic E-state index is 0.0942. The first kappa shape index (κ1) is 15.6. The van der Waals surface area contributed by atoms with E-state index in [-0.39, 0.29) is 11.9 Å². The van der Waals surface area contributed by atoms with Crippen LogP contribution < -0.4 is 5.32 Å². The Morgan fingerprint density at radius 3 is 2.43 bits per heavy atom. The van der Waals surface area contributed by atoms with Gasteiger partial charge >= 0.3 is 0 Å². The van der Waals surface area contributed by atoms with Crippen LogP contribution in [0.1, 0.15) is 48.7 Å². The van der Waals surface area contributed by atoms with Crippen LogP contribution in [-0.2, 0) is 5.66 Å². The Bertz CT molecular complexity index is 723. The Morgan fingerprint density at radius 2 is 1.78 bits per heavy atom. The molecule has 23 heavy (non-hydrogen) atoms. The number of para-hydroxylation sites is 1. The van der Waals surface area contributed by atoms with Crippen LogP contribution in [0, 0.1) is 6.92 Å². The van der Waals surface area contributed by atoms with Crippen LogP contribution in [0.2, 0.25) is 0 Å². The van der Waals surface area contributed by atoms with Crippen molar-refractivity contribution in [3.05, 3.63) is 65.2 Å². The summed E-state index contributed by atoms with van der Waals surface area (Å²) < 4.78 is 0. The summed E-state index contributed by atoms with van der Waals surface area (Å²) in [6.07, 6.45) is 0.914. The van der Waals surface area contributed by atoms with Gasteiger partial charge in [0.05, 0.1) is 5.56 Å². The van der Waals surface area contributed by atoms with Crippen molar-refractivity contribution < 1.29 is 4.79 Å². The lowest BCUT2D eigenvalue weighted by Gasteiger charge is -2.49. The van der Waals surface area contributed by atoms with E-state index in [0.29, 0.717) is 0 Å². The van der Waals surface area contributed by atoms with E-state index in [1.165, 1.54) is 5.56 Å². The molecule has 0 bridgehead atoms. The molecule has 1 amide bonds. The second-order valence-electron chi connectivity index (χ2n) is 6.54. The zero-order chi connectivity index (χ0) is 16.6. The highest BCUT2D eigenvalue weighted by Crippen LogP contribution is 2.39. The van der Waals surface area contributed by atoms with E-state index in [9.17, 15) is 4.79 Å². The van der Waals surface area contributed by atoms with Gasteiger partial charge in [-0.1, -0.05) is 48.9 Å². The van der Waals surface area contributed by atoms with Crippen molar-refractivity contribution in [2.24, 2.45) is 0 Å². The van der Waals surface area contributed by atoms with E-state index in [0.717, 1.165) is 23.2 Å². The van der Waals surface area contributed by atoms with Crippen LogP contribution >= 0.6 is 0 Å². The molecular formula is C20H24N2O. The monoisotopic (exact) mass is 308 g/mol. The molecule has 3 rings (SSSR count). The molecule has 3 heteroatoms. The van der Waals surface area contributed by atoms with Crippen molar-refractivity contribution >= 4 is 11.6 Å². The molecule has 2 atom stereocenters. The number of nitrogens with zero attached hydrogens (tertiary/aromatic N) is 1. The molecule has 1 aliphatic heterocycles. The predicted octanol–water partition coefficient (Wildman–Crippen LogP) is 4.53. The minimum atomic E-state index is -0.547. The molecule has 1 heterocycles. The zero-order valence-electron chi connectivity index (χ0n) is 14.3. The Balaban J connectivity index is 2.16. The predicted molar refractivity (Wildman–Crippen MR) is 94.5 cm³/mol. The van der Waals surface area contributed by atoms with E-state index in [2.05, 4.69) is 57.3 Å². The van der Waals surface area contributed by atoms with Gasteiger partial charge in [0.2, 0.25) is 0 Å². The smallest absolute Gasteiger partial charge is 0.258 e. The average Bonchev–Trinajstić information content (AvgIpc) is 2.55. The Labute approximate surface area is 138 Å². The summed E-state index contributed by atoms with van der Waals surface area (Å²) in [6, 6.07) is 16.3. The van der Waals surface area contributed by atoms with E-state index in [1.54, 1.807) is 0 Å². The van der Waals surface area contributed by atoms with Crippen LogP contribution in [0.25, 0.3) is 0 Å². The molecule has 0 radical (unpaired) electrons. The van der Waals surface area contributed by atoms with E-state index < -0.39 is 5.66 Å². The van der Waals surface area contributed by atoms with Crippen molar-refractivity contribution in [1.82, 2.24) is 4.90 Å². The normalized spacial score (nSPS) is 21.6. The van der Waals surface area contributed by atoms with Gasteiger partial charge in [-0.15, -0.1) is 0 Å². The van der Waals surface area contributed by atoms with Gasteiger partial charge in [0, 0.05) is 11.7 Å². The maximum absolute atomic E-state index is 13.2. The number of hydrogen-bond acceptors (Lipinski definition) is 2. The third kappa shape index (κ3) is 2.50. The number of rotatable bonds is 3. The standard InChI is InChI=1S/C20H24N2O/c1-5-15(3)22-19(23)17-8-6-7-9-18(17)21-20(22,4)16-12-10-14(2)11-13-16/h6-13,15,21H,5H2,1-4H3. The van der Waals surface area contributed by atoms with Crippen molar-refractivity contribution in [2.75, 3.05) is 5.32 Å². The summed E-state index contributed by atoms with van der Waals surface area (Å²) in [5, 5.41) is 3.61. The van der Waals surface area contributed by atoms with Gasteiger partial charge in [-0.3, -0.25) is 4.79 Å². The lowest BCUT2D eigenvalue weighted by atomic mass is 9.91. The van der Waals surface area contributed by atoms with Crippen LogP contribution in [-0.4, -0.2) is 16.8 Å². The van der Waals surface area contributed by atoms with E-state index in [1.807, 2.05) is 29.2 Å². The molecule has 1 N–H and O–H groups in total. The number of nitrogens with one attached hydrogen (secondary N) is 1. The third-order valence-corrected chi connectivity index (χ3v) is 4.88. The summed E-state index contributed by atoms with van der Waals surface area (Å²) in [4.78, 5) is 15.1. The van der Waals surface area contributed by atoms with Crippen molar-refractivity contribution in [3.8, 4) is 0 Å². The summed E-state index contributed by atoms with van der Waals surface area (Å²) in [6.45, 7) is 8.40. The largest absolute Gasteiger partial charge is 0.358 e. The summed E-state index contributed by atoms with van der Waals surface area (Å²) in [5.41, 5.74) is 3.42. The summed E-state index contributed by atoms with van der Waals surface area (Å²) in [7, 11) is 0. The molecule has 0 aliphatic carbocycles. The van der Waals surface area contributed by atoms with Crippen LogP contribution in [0.15, 0.2) is 48.5 Å². The SMILES string of the molecule is CCC(C)N1C(=O)c2ccccc2NC1(C)c1ccc(C)cc1. The first-order valence-electron chi connectivity index (χ1n) is 8.25. The van der Waals surface area contributed by atoms with Gasteiger partial charge in [0.25, 0.3) is 5.91 Å². The highest BCUT2D eigenvalue weighted by molar-refractivity contribution is 6.02. The zero-order valence-corrected chi connectivity index (χ0v) is 14.3. The lowest BCUT2D eigenvalue weighted by Crippen LogP contribution is -2.58. The highest BCUT2D eigenvalue weighted by atomic mass is 16.2. The summed E-state index contributed by atoms with van der Waals surface area (Å²) >= 11 is 0. The molecule has 0 fully saturated rings. The van der Waals surface area contributed by atoms with Gasteiger partial charge in [0.15, 0.2) is 0 Å². The number of aryl methyl sites for hydroxylation is 1. The maximum atomic E-state index is 13.2. The molecule has 0 saturated heterocycles. The fraction of sp³-hybridized carbons (Fsp3) is 0.350. The maximum Gasteiger partial charge on any atom is 0.258 e. The third-order valence-electron chi connectivity index (χ3n) is 4.88. The van der Waals surface area contributed by atoms with Gasteiger partial charge < -0.3 is 10.2 Å². The molecule has 0 saturated carbocycles. The second kappa shape index (κ2) is 5.73. The fourth-order valence-corrected chi connectivity index (χ4v) is 3.35. The number of carbonyl (C=O) groups is 1. The molecule has 0 aromatic heterocycles. The molecule has 2 aromatic rings. The average molecular weight is 308 g/mol. The topological polar surface area (TPSA) is 32.3 Å². The van der Waals surface area contributed by atoms with Gasteiger partial charge in [-0.05, 0) is 44.9 Å². The van der Waals surface area contributed by atoms with Gasteiger partial charge in [-0.2, -0.15) is 0 Å². The molecular weight excluding hydrogens is 284 g/mol. The Hall–Kier alpha value is -2.29. The van der Waals surface area contributed by atoms with Crippen molar-refractivity contribution in [2.45, 2.75) is 45.8 Å². The number of benzene rings is 2.